The Morgan fingerprint density at radius 3 is 2.80 bits per heavy atom. The normalized spacial score (nSPS) is 10.6. The van der Waals surface area contributed by atoms with Gasteiger partial charge < -0.3 is 9.64 Å². The van der Waals surface area contributed by atoms with Gasteiger partial charge in [-0.2, -0.15) is 0 Å². The standard InChI is InChI=1S/C16H20N2O2/c1-4-18(10-9-15(19)20-3)16-12(2)11-13-7-5-6-8-14(13)17-16/h5-8,11H,4,9-10H2,1-3H3. The fraction of sp³-hybridized carbons (Fsp3) is 0.375. The number of nitrogens with zero attached hydrogens (tertiary/aromatic N) is 2. The van der Waals surface area contributed by atoms with E-state index in [1.807, 2.05) is 18.2 Å². The van der Waals surface area contributed by atoms with Gasteiger partial charge in [-0.25, -0.2) is 4.98 Å². The van der Waals surface area contributed by atoms with Crippen LogP contribution in [0.3, 0.4) is 0 Å². The molecule has 20 heavy (non-hydrogen) atoms. The number of methoxy groups -OCH3 is 1. The Kier molecular flexibility index (Phi) is 4.56. The first kappa shape index (κ1) is 14.3. The number of benzene rings is 1. The number of rotatable bonds is 5. The molecule has 0 spiro atoms. The van der Waals surface area contributed by atoms with E-state index in [-0.39, 0.29) is 5.97 Å². The van der Waals surface area contributed by atoms with Crippen LogP contribution in [0.2, 0.25) is 0 Å². The molecule has 1 aromatic carbocycles. The highest BCUT2D eigenvalue weighted by molar-refractivity contribution is 5.81. The molecule has 0 aliphatic rings. The van der Waals surface area contributed by atoms with Gasteiger partial charge in [0.1, 0.15) is 5.82 Å². The highest BCUT2D eigenvalue weighted by Gasteiger charge is 2.12. The maximum atomic E-state index is 11.3. The van der Waals surface area contributed by atoms with Gasteiger partial charge in [0.05, 0.1) is 19.0 Å². The second-order valence-corrected chi connectivity index (χ2v) is 4.73. The number of ether oxygens (including phenoxy) is 1. The van der Waals surface area contributed by atoms with Gasteiger partial charge in [-0.15, -0.1) is 0 Å². The van der Waals surface area contributed by atoms with Gasteiger partial charge in [-0.05, 0) is 31.5 Å². The first-order chi connectivity index (χ1) is 9.65. The monoisotopic (exact) mass is 272 g/mol. The second-order valence-electron chi connectivity index (χ2n) is 4.73. The van der Waals surface area contributed by atoms with Gasteiger partial charge in [-0.1, -0.05) is 18.2 Å². The van der Waals surface area contributed by atoms with E-state index < -0.39 is 0 Å². The smallest absolute Gasteiger partial charge is 0.307 e. The lowest BCUT2D eigenvalue weighted by atomic mass is 10.1. The van der Waals surface area contributed by atoms with Crippen LogP contribution < -0.4 is 4.90 Å². The lowest BCUT2D eigenvalue weighted by molar-refractivity contribution is -0.140. The fourth-order valence-electron chi connectivity index (χ4n) is 2.27. The summed E-state index contributed by atoms with van der Waals surface area (Å²) in [5.41, 5.74) is 2.10. The number of para-hydroxylation sites is 1. The highest BCUT2D eigenvalue weighted by Crippen LogP contribution is 2.22. The molecule has 0 bridgehead atoms. The van der Waals surface area contributed by atoms with Crippen LogP contribution >= 0.6 is 0 Å². The molecule has 2 aromatic rings. The average Bonchev–Trinajstić information content (AvgIpc) is 2.47. The third-order valence-electron chi connectivity index (χ3n) is 3.38. The first-order valence-electron chi connectivity index (χ1n) is 6.84. The van der Waals surface area contributed by atoms with Crippen LogP contribution in [-0.2, 0) is 9.53 Å². The quantitative estimate of drug-likeness (QED) is 0.785. The van der Waals surface area contributed by atoms with Crippen LogP contribution in [0.5, 0.6) is 0 Å². The molecule has 4 heteroatoms. The van der Waals surface area contributed by atoms with Crippen molar-refractivity contribution in [3.05, 3.63) is 35.9 Å². The predicted molar refractivity (Wildman–Crippen MR) is 81.0 cm³/mol. The van der Waals surface area contributed by atoms with E-state index in [2.05, 4.69) is 30.9 Å². The van der Waals surface area contributed by atoms with Crippen molar-refractivity contribution in [1.82, 2.24) is 4.98 Å². The molecule has 0 unspecified atom stereocenters. The molecule has 0 saturated heterocycles. The molecule has 1 heterocycles. The van der Waals surface area contributed by atoms with Crippen LogP contribution in [0, 0.1) is 6.92 Å². The molecule has 0 N–H and O–H groups in total. The number of fused-ring (bicyclic) bond motifs is 1. The van der Waals surface area contributed by atoms with E-state index in [0.29, 0.717) is 13.0 Å². The van der Waals surface area contributed by atoms with Crippen LogP contribution in [0.15, 0.2) is 30.3 Å². The summed E-state index contributed by atoms with van der Waals surface area (Å²) in [7, 11) is 1.41. The first-order valence-corrected chi connectivity index (χ1v) is 6.84. The van der Waals surface area contributed by atoms with Gasteiger partial charge in [0.2, 0.25) is 0 Å². The summed E-state index contributed by atoms with van der Waals surface area (Å²) < 4.78 is 4.70. The number of aryl methyl sites for hydroxylation is 1. The molecule has 106 valence electrons. The van der Waals surface area contributed by atoms with E-state index in [9.17, 15) is 4.79 Å². The van der Waals surface area contributed by atoms with Crippen molar-refractivity contribution in [3.63, 3.8) is 0 Å². The van der Waals surface area contributed by atoms with Crippen molar-refractivity contribution in [2.45, 2.75) is 20.3 Å². The summed E-state index contributed by atoms with van der Waals surface area (Å²) in [4.78, 5) is 18.1. The van der Waals surface area contributed by atoms with E-state index in [4.69, 9.17) is 9.72 Å². The fourth-order valence-corrected chi connectivity index (χ4v) is 2.27. The Labute approximate surface area is 119 Å². The molecule has 1 aromatic heterocycles. The van der Waals surface area contributed by atoms with Crippen molar-refractivity contribution in [2.75, 3.05) is 25.1 Å². The zero-order valence-corrected chi connectivity index (χ0v) is 12.2. The highest BCUT2D eigenvalue weighted by atomic mass is 16.5. The maximum absolute atomic E-state index is 11.3. The third-order valence-corrected chi connectivity index (χ3v) is 3.38. The molecule has 0 aliphatic carbocycles. The number of anilines is 1. The topological polar surface area (TPSA) is 42.4 Å². The summed E-state index contributed by atoms with van der Waals surface area (Å²) in [6, 6.07) is 10.2. The predicted octanol–water partition coefficient (Wildman–Crippen LogP) is 2.93. The molecule has 0 amide bonds. The van der Waals surface area contributed by atoms with Gasteiger partial charge >= 0.3 is 5.97 Å². The van der Waals surface area contributed by atoms with Crippen molar-refractivity contribution in [3.8, 4) is 0 Å². The Bertz CT molecular complexity index is 610. The van der Waals surface area contributed by atoms with E-state index >= 15 is 0 Å². The minimum Gasteiger partial charge on any atom is -0.469 e. The van der Waals surface area contributed by atoms with Gasteiger partial charge in [-0.3, -0.25) is 4.79 Å². The Morgan fingerprint density at radius 2 is 2.10 bits per heavy atom. The van der Waals surface area contributed by atoms with E-state index in [1.54, 1.807) is 0 Å². The van der Waals surface area contributed by atoms with Crippen molar-refractivity contribution < 1.29 is 9.53 Å². The van der Waals surface area contributed by atoms with Crippen LogP contribution in [0.1, 0.15) is 18.9 Å². The Balaban J connectivity index is 2.29. The summed E-state index contributed by atoms with van der Waals surface area (Å²) in [5.74, 6) is 0.747. The molecule has 0 aliphatic heterocycles. The van der Waals surface area contributed by atoms with Crippen LogP contribution in [0.25, 0.3) is 10.9 Å². The van der Waals surface area contributed by atoms with E-state index in [0.717, 1.165) is 28.8 Å². The second kappa shape index (κ2) is 6.37. The molecule has 2 rings (SSSR count). The molecule has 4 nitrogen and oxygen atoms in total. The Morgan fingerprint density at radius 1 is 1.35 bits per heavy atom. The summed E-state index contributed by atoms with van der Waals surface area (Å²) >= 11 is 0. The minimum atomic E-state index is -0.193. The summed E-state index contributed by atoms with van der Waals surface area (Å²) in [5, 5.41) is 1.14. The lowest BCUT2D eigenvalue weighted by Crippen LogP contribution is -2.27. The average molecular weight is 272 g/mol. The lowest BCUT2D eigenvalue weighted by Gasteiger charge is -2.23. The number of pyridine rings is 1. The van der Waals surface area contributed by atoms with Crippen molar-refractivity contribution >= 4 is 22.7 Å². The maximum Gasteiger partial charge on any atom is 0.307 e. The molecule has 0 saturated carbocycles. The Hall–Kier alpha value is -2.10. The number of carbonyl (C=O) groups is 1. The number of carbonyl (C=O) groups excluding carboxylic acids is 1. The van der Waals surface area contributed by atoms with Gasteiger partial charge in [0.25, 0.3) is 0 Å². The third kappa shape index (κ3) is 3.07. The summed E-state index contributed by atoms with van der Waals surface area (Å²) in [6.45, 7) is 5.54. The number of aromatic nitrogens is 1. The minimum absolute atomic E-state index is 0.193. The van der Waals surface area contributed by atoms with Crippen LogP contribution in [-0.4, -0.2) is 31.2 Å². The van der Waals surface area contributed by atoms with Crippen LogP contribution in [0.4, 0.5) is 5.82 Å². The molecule has 0 atom stereocenters. The molecule has 0 fully saturated rings. The summed E-state index contributed by atoms with van der Waals surface area (Å²) in [6.07, 6.45) is 0.373. The largest absolute Gasteiger partial charge is 0.469 e. The van der Waals surface area contributed by atoms with E-state index in [1.165, 1.54) is 7.11 Å². The molecular weight excluding hydrogens is 252 g/mol. The number of esters is 1. The zero-order valence-electron chi connectivity index (χ0n) is 12.2. The molecular formula is C16H20N2O2. The van der Waals surface area contributed by atoms with Crippen molar-refractivity contribution in [2.24, 2.45) is 0 Å². The SMILES string of the molecule is CCN(CCC(=O)OC)c1nc2ccccc2cc1C. The van der Waals surface area contributed by atoms with Gasteiger partial charge in [0, 0.05) is 18.5 Å². The van der Waals surface area contributed by atoms with Crippen molar-refractivity contribution in [1.29, 1.82) is 0 Å². The molecule has 0 radical (unpaired) electrons. The van der Waals surface area contributed by atoms with Gasteiger partial charge in [0.15, 0.2) is 0 Å². The zero-order chi connectivity index (χ0) is 14.5. The number of hydrogen-bond acceptors (Lipinski definition) is 4. The number of hydrogen-bond donors (Lipinski definition) is 0.